The van der Waals surface area contributed by atoms with Crippen molar-refractivity contribution in [2.75, 3.05) is 40.0 Å². The molecule has 1 aliphatic carbocycles. The fraction of sp³-hybridized carbons (Fsp3) is 0.667. The van der Waals surface area contributed by atoms with Crippen LogP contribution in [-0.2, 0) is 19.6 Å². The molecule has 1 amide bonds. The van der Waals surface area contributed by atoms with Crippen LogP contribution in [0, 0.1) is 11.8 Å². The van der Waals surface area contributed by atoms with Crippen LogP contribution in [0.15, 0.2) is 29.2 Å². The zero-order chi connectivity index (χ0) is 25.9. The molecule has 2 aliphatic heterocycles. The number of sulfonamides is 1. The number of aliphatic hydroxyl groups is 1. The average Bonchev–Trinajstić information content (AvgIpc) is 2.90. The summed E-state index contributed by atoms with van der Waals surface area (Å²) in [5.74, 6) is 0.128. The molecule has 4 rings (SSSR count). The average molecular weight is 521 g/mol. The Morgan fingerprint density at radius 1 is 1.25 bits per heavy atom. The van der Waals surface area contributed by atoms with E-state index in [9.17, 15) is 18.3 Å². The monoisotopic (exact) mass is 520 g/mol. The van der Waals surface area contributed by atoms with Gasteiger partial charge in [-0.2, -0.15) is 4.31 Å². The third kappa shape index (κ3) is 5.79. The van der Waals surface area contributed by atoms with Gasteiger partial charge in [0.15, 0.2) is 0 Å². The van der Waals surface area contributed by atoms with Gasteiger partial charge in [0, 0.05) is 44.7 Å². The second-order valence-corrected chi connectivity index (χ2v) is 12.3. The van der Waals surface area contributed by atoms with Crippen molar-refractivity contribution in [1.82, 2.24) is 9.21 Å². The zero-order valence-electron chi connectivity index (χ0n) is 21.7. The molecule has 1 N–H and O–H groups in total. The van der Waals surface area contributed by atoms with E-state index in [1.54, 1.807) is 24.9 Å². The number of amides is 1. The molecule has 0 spiro atoms. The maximum atomic E-state index is 13.7. The van der Waals surface area contributed by atoms with Crippen LogP contribution in [-0.4, -0.2) is 80.7 Å². The number of aliphatic hydroxyl groups excluding tert-OH is 1. The van der Waals surface area contributed by atoms with Crippen LogP contribution in [0.2, 0.25) is 0 Å². The quantitative estimate of drug-likeness (QED) is 0.618. The molecule has 1 saturated heterocycles. The molecule has 0 aromatic heterocycles. The lowest BCUT2D eigenvalue weighted by Gasteiger charge is -2.38. The number of allylic oxidation sites excluding steroid dienone is 2. The first kappa shape index (κ1) is 27.1. The van der Waals surface area contributed by atoms with Crippen LogP contribution in [0.4, 0.5) is 0 Å². The topological polar surface area (TPSA) is 96.4 Å². The number of nitrogens with zero attached hydrogens (tertiary/aromatic N) is 2. The van der Waals surface area contributed by atoms with Crippen molar-refractivity contribution in [3.63, 3.8) is 0 Å². The van der Waals surface area contributed by atoms with E-state index in [0.29, 0.717) is 38.3 Å². The molecule has 1 fully saturated rings. The van der Waals surface area contributed by atoms with Crippen LogP contribution < -0.4 is 4.74 Å². The van der Waals surface area contributed by atoms with Gasteiger partial charge in [-0.15, -0.1) is 0 Å². The molecule has 9 heteroatoms. The first-order valence-electron chi connectivity index (χ1n) is 13.2. The van der Waals surface area contributed by atoms with Crippen molar-refractivity contribution >= 4 is 21.5 Å². The summed E-state index contributed by atoms with van der Waals surface area (Å²) in [6.45, 7) is 5.12. The van der Waals surface area contributed by atoms with Crippen molar-refractivity contribution in [3.05, 3.63) is 29.8 Å². The lowest BCUT2D eigenvalue weighted by atomic mass is 9.93. The molecule has 2 heterocycles. The van der Waals surface area contributed by atoms with Crippen LogP contribution in [0.1, 0.15) is 57.9 Å². The predicted octanol–water partition coefficient (Wildman–Crippen LogP) is 3.30. The number of rotatable bonds is 6. The third-order valence-corrected chi connectivity index (χ3v) is 9.75. The highest BCUT2D eigenvalue weighted by Crippen LogP contribution is 2.37. The number of carbonyl (C=O) groups is 1. The fourth-order valence-corrected chi connectivity index (χ4v) is 7.19. The molecule has 3 aliphatic rings. The van der Waals surface area contributed by atoms with Gasteiger partial charge in [0.05, 0.1) is 13.2 Å². The van der Waals surface area contributed by atoms with Crippen molar-refractivity contribution in [2.24, 2.45) is 11.8 Å². The molecule has 0 radical (unpaired) electrons. The number of benzene rings is 1. The van der Waals surface area contributed by atoms with Gasteiger partial charge in [-0.05, 0) is 68.7 Å². The van der Waals surface area contributed by atoms with Gasteiger partial charge in [-0.25, -0.2) is 8.42 Å². The Hall–Kier alpha value is -1.94. The highest BCUT2D eigenvalue weighted by Gasteiger charge is 2.39. The van der Waals surface area contributed by atoms with Gasteiger partial charge in [-0.1, -0.05) is 19.1 Å². The number of hydrogen-bond acceptors (Lipinski definition) is 6. The van der Waals surface area contributed by atoms with Gasteiger partial charge >= 0.3 is 0 Å². The normalized spacial score (nSPS) is 26.1. The van der Waals surface area contributed by atoms with Crippen LogP contribution in [0.5, 0.6) is 5.75 Å². The van der Waals surface area contributed by atoms with Gasteiger partial charge in [-0.3, -0.25) is 4.79 Å². The first-order valence-corrected chi connectivity index (χ1v) is 14.6. The van der Waals surface area contributed by atoms with Gasteiger partial charge in [0.1, 0.15) is 16.7 Å². The molecular formula is C27H40N2O6S. The Labute approximate surface area is 215 Å². The largest absolute Gasteiger partial charge is 0.487 e. The number of ether oxygens (including phenoxy) is 2. The molecule has 0 saturated carbocycles. The molecule has 1 aromatic rings. The van der Waals surface area contributed by atoms with Gasteiger partial charge in [0.2, 0.25) is 15.9 Å². The molecule has 36 heavy (non-hydrogen) atoms. The number of hydrogen-bond donors (Lipinski definition) is 1. The fourth-order valence-electron chi connectivity index (χ4n) is 5.36. The summed E-state index contributed by atoms with van der Waals surface area (Å²) in [4.78, 5) is 15.0. The SMILES string of the molecule is C[C@@H]1CN([C@H](C)CO)S(=O)(=O)c2ccc(C3=CCCCC3)cc2O[C@@H]1CN(C)C(=O)C1CCOCC1. The standard InChI is InChI=1S/C27H40N2O6S/c1-19-16-29(20(2)18-30)36(32,33)26-10-9-23(21-7-5-4-6-8-21)15-24(26)35-25(19)17-28(3)27(31)22-11-13-34-14-12-22/h7,9-10,15,19-20,22,25,30H,4-6,8,11-14,16-18H2,1-3H3/t19-,20-,25-/m1/s1. The molecule has 0 unspecified atom stereocenters. The molecule has 8 nitrogen and oxygen atoms in total. The van der Waals surface area contributed by atoms with Gasteiger partial charge in [0.25, 0.3) is 0 Å². The van der Waals surface area contributed by atoms with E-state index >= 15 is 0 Å². The summed E-state index contributed by atoms with van der Waals surface area (Å²) in [5, 5.41) is 9.85. The van der Waals surface area contributed by atoms with E-state index in [2.05, 4.69) is 6.08 Å². The summed E-state index contributed by atoms with van der Waals surface area (Å²) >= 11 is 0. The first-order chi connectivity index (χ1) is 17.2. The number of likely N-dealkylation sites (N-methyl/N-ethyl adjacent to an activating group) is 1. The Kier molecular flexibility index (Phi) is 8.75. The molecule has 3 atom stereocenters. The summed E-state index contributed by atoms with van der Waals surface area (Å²) < 4.78 is 40.7. The number of fused-ring (bicyclic) bond motifs is 1. The highest BCUT2D eigenvalue weighted by atomic mass is 32.2. The summed E-state index contributed by atoms with van der Waals surface area (Å²) in [5.41, 5.74) is 2.19. The lowest BCUT2D eigenvalue weighted by molar-refractivity contribution is -0.138. The minimum Gasteiger partial charge on any atom is -0.487 e. The Balaban J connectivity index is 1.68. The maximum absolute atomic E-state index is 13.7. The Bertz CT molecular complexity index is 1070. The summed E-state index contributed by atoms with van der Waals surface area (Å²) in [6.07, 6.45) is 7.51. The lowest BCUT2D eigenvalue weighted by Crippen LogP contribution is -2.50. The molecule has 1 aromatic carbocycles. The Morgan fingerprint density at radius 2 is 2.00 bits per heavy atom. The van der Waals surface area contributed by atoms with Crippen molar-refractivity contribution in [1.29, 1.82) is 0 Å². The Morgan fingerprint density at radius 3 is 2.67 bits per heavy atom. The molecule has 200 valence electrons. The minimum atomic E-state index is -3.89. The summed E-state index contributed by atoms with van der Waals surface area (Å²) in [7, 11) is -2.09. The zero-order valence-corrected chi connectivity index (χ0v) is 22.5. The van der Waals surface area contributed by atoms with E-state index in [-0.39, 0.29) is 35.8 Å². The van der Waals surface area contributed by atoms with E-state index in [0.717, 1.165) is 24.8 Å². The van der Waals surface area contributed by atoms with Crippen molar-refractivity contribution < 1.29 is 27.8 Å². The van der Waals surface area contributed by atoms with Crippen LogP contribution in [0.25, 0.3) is 5.57 Å². The highest BCUT2D eigenvalue weighted by molar-refractivity contribution is 7.89. The van der Waals surface area contributed by atoms with Gasteiger partial charge < -0.3 is 19.5 Å². The van der Waals surface area contributed by atoms with Crippen molar-refractivity contribution in [3.8, 4) is 5.75 Å². The maximum Gasteiger partial charge on any atom is 0.247 e. The molecular weight excluding hydrogens is 480 g/mol. The smallest absolute Gasteiger partial charge is 0.247 e. The second-order valence-electron chi connectivity index (χ2n) is 10.5. The van der Waals surface area contributed by atoms with Crippen molar-refractivity contribution in [2.45, 2.75) is 69.4 Å². The predicted molar refractivity (Wildman–Crippen MR) is 138 cm³/mol. The van der Waals surface area contributed by atoms with Crippen LogP contribution >= 0.6 is 0 Å². The van der Waals surface area contributed by atoms with Crippen LogP contribution in [0.3, 0.4) is 0 Å². The van der Waals surface area contributed by atoms with E-state index in [1.165, 1.54) is 16.3 Å². The third-order valence-electron chi connectivity index (χ3n) is 7.73. The summed E-state index contributed by atoms with van der Waals surface area (Å²) in [6, 6.07) is 4.76. The minimum absolute atomic E-state index is 0.0592. The second kappa shape index (κ2) is 11.6. The van der Waals surface area contributed by atoms with E-state index in [4.69, 9.17) is 9.47 Å². The van der Waals surface area contributed by atoms with E-state index < -0.39 is 22.2 Å². The van der Waals surface area contributed by atoms with E-state index in [1.807, 2.05) is 19.1 Å². The number of carbonyl (C=O) groups excluding carboxylic acids is 1. The molecule has 0 bridgehead atoms.